The van der Waals surface area contributed by atoms with Crippen molar-refractivity contribution in [3.05, 3.63) is 40.7 Å². The fraction of sp³-hybridized carbons (Fsp3) is 0.462. The molecule has 0 unspecified atom stereocenters. The van der Waals surface area contributed by atoms with Gasteiger partial charge in [0, 0.05) is 24.0 Å². The van der Waals surface area contributed by atoms with Crippen LogP contribution in [0, 0.1) is 0 Å². The third-order valence-electron chi connectivity index (χ3n) is 3.36. The summed E-state index contributed by atoms with van der Waals surface area (Å²) >= 11 is 5.88. The van der Waals surface area contributed by atoms with Crippen molar-refractivity contribution in [2.75, 3.05) is 13.2 Å². The monoisotopic (exact) mass is 329 g/mol. The topological polar surface area (TPSA) is 75.7 Å². The number of halogens is 2. The molecule has 0 bridgehead atoms. The molecule has 114 valence electrons. The van der Waals surface area contributed by atoms with Crippen LogP contribution in [0.1, 0.15) is 11.4 Å². The summed E-state index contributed by atoms with van der Waals surface area (Å²) in [6, 6.07) is 8.27. The van der Waals surface area contributed by atoms with E-state index in [1.54, 1.807) is 0 Å². The Kier molecular flexibility index (Phi) is 5.93. The summed E-state index contributed by atoms with van der Waals surface area (Å²) in [5, 5.41) is 18.1. The van der Waals surface area contributed by atoms with Gasteiger partial charge in [-0.2, -0.15) is 5.21 Å². The first kappa shape index (κ1) is 16.2. The van der Waals surface area contributed by atoms with Crippen LogP contribution in [-0.2, 0) is 17.6 Å². The van der Waals surface area contributed by atoms with Gasteiger partial charge in [-0.3, -0.25) is 0 Å². The number of rotatable bonds is 4. The minimum atomic E-state index is 0. The van der Waals surface area contributed by atoms with Crippen LogP contribution in [0.2, 0.25) is 5.02 Å². The average molecular weight is 330 g/mol. The average Bonchev–Trinajstić information content (AvgIpc) is 2.96. The smallest absolute Gasteiger partial charge is 0.177 e. The number of aromatic amines is 1. The number of H-pyrrole nitrogens is 1. The lowest BCUT2D eigenvalue weighted by molar-refractivity contribution is 0.00395. The largest absolute Gasteiger partial charge is 0.375 e. The van der Waals surface area contributed by atoms with Crippen molar-refractivity contribution in [3.8, 4) is 0 Å². The molecule has 21 heavy (non-hydrogen) atoms. The van der Waals surface area contributed by atoms with Crippen LogP contribution in [0.3, 0.4) is 0 Å². The van der Waals surface area contributed by atoms with Crippen molar-refractivity contribution in [2.24, 2.45) is 0 Å². The number of tetrazole rings is 1. The van der Waals surface area contributed by atoms with Gasteiger partial charge in [0.2, 0.25) is 0 Å². The van der Waals surface area contributed by atoms with Crippen molar-refractivity contribution < 1.29 is 4.74 Å². The lowest BCUT2D eigenvalue weighted by Crippen LogP contribution is -2.48. The van der Waals surface area contributed by atoms with Crippen LogP contribution >= 0.6 is 24.0 Å². The highest BCUT2D eigenvalue weighted by Crippen LogP contribution is 2.13. The maximum Gasteiger partial charge on any atom is 0.177 e. The van der Waals surface area contributed by atoms with Crippen LogP contribution in [0.5, 0.6) is 0 Å². The van der Waals surface area contributed by atoms with Crippen LogP contribution in [0.4, 0.5) is 0 Å². The van der Waals surface area contributed by atoms with Gasteiger partial charge in [-0.15, -0.1) is 22.6 Å². The molecule has 1 saturated heterocycles. The van der Waals surface area contributed by atoms with Crippen molar-refractivity contribution in [1.29, 1.82) is 0 Å². The SMILES string of the molecule is Cl.Clc1ccc(C[C@H]2CO[C@@H](Cc3nn[nH]n3)CN2)cc1. The number of nitrogens with zero attached hydrogens (tertiary/aromatic N) is 3. The van der Waals surface area contributed by atoms with E-state index in [1.165, 1.54) is 5.56 Å². The van der Waals surface area contributed by atoms with Crippen LogP contribution in [-0.4, -0.2) is 45.9 Å². The first-order chi connectivity index (χ1) is 9.79. The molecule has 1 aromatic carbocycles. The zero-order valence-corrected chi connectivity index (χ0v) is 12.9. The third-order valence-corrected chi connectivity index (χ3v) is 3.61. The Balaban J connectivity index is 0.00000161. The molecule has 8 heteroatoms. The summed E-state index contributed by atoms with van der Waals surface area (Å²) in [5.41, 5.74) is 1.26. The second-order valence-corrected chi connectivity index (χ2v) is 5.36. The number of aromatic nitrogens is 4. The molecule has 2 N–H and O–H groups in total. The molecule has 2 atom stereocenters. The Bertz CT molecular complexity index is 526. The molecule has 2 aromatic rings. The Morgan fingerprint density at radius 1 is 1.24 bits per heavy atom. The van der Waals surface area contributed by atoms with E-state index in [9.17, 15) is 0 Å². The van der Waals surface area contributed by atoms with Gasteiger partial charge in [0.1, 0.15) is 0 Å². The van der Waals surface area contributed by atoms with E-state index < -0.39 is 0 Å². The molecule has 0 saturated carbocycles. The van der Waals surface area contributed by atoms with Gasteiger partial charge in [-0.1, -0.05) is 28.9 Å². The first-order valence-corrected chi connectivity index (χ1v) is 6.99. The van der Waals surface area contributed by atoms with E-state index in [2.05, 4.69) is 38.1 Å². The van der Waals surface area contributed by atoms with E-state index >= 15 is 0 Å². The lowest BCUT2D eigenvalue weighted by atomic mass is 10.0. The van der Waals surface area contributed by atoms with Gasteiger partial charge < -0.3 is 10.1 Å². The third kappa shape index (κ3) is 4.64. The summed E-state index contributed by atoms with van der Waals surface area (Å²) in [5.74, 6) is 0.688. The maximum atomic E-state index is 5.88. The Labute approximate surface area is 134 Å². The van der Waals surface area contributed by atoms with Crippen LogP contribution in [0.25, 0.3) is 0 Å². The van der Waals surface area contributed by atoms with E-state index in [-0.39, 0.29) is 18.5 Å². The van der Waals surface area contributed by atoms with Crippen LogP contribution in [0.15, 0.2) is 24.3 Å². The van der Waals surface area contributed by atoms with E-state index in [0.29, 0.717) is 24.9 Å². The maximum absolute atomic E-state index is 5.88. The van der Waals surface area contributed by atoms with Gasteiger partial charge in [0.15, 0.2) is 5.82 Å². The summed E-state index contributed by atoms with van der Waals surface area (Å²) in [4.78, 5) is 0. The highest BCUT2D eigenvalue weighted by atomic mass is 35.5. The van der Waals surface area contributed by atoms with Crippen molar-refractivity contribution in [2.45, 2.75) is 25.0 Å². The normalized spacial score (nSPS) is 21.8. The number of ether oxygens (including phenoxy) is 1. The molecular weight excluding hydrogens is 313 g/mol. The molecule has 2 heterocycles. The first-order valence-electron chi connectivity index (χ1n) is 6.61. The molecule has 0 amide bonds. The summed E-state index contributed by atoms with van der Waals surface area (Å²) in [6.07, 6.45) is 1.72. The standard InChI is InChI=1S/C13H16ClN5O.ClH/c14-10-3-1-9(2-4-10)5-11-8-20-12(7-15-11)6-13-16-18-19-17-13;/h1-4,11-12,15H,5-8H2,(H,16,17,18,19);1H/t11-,12-;/m0./s1. The molecule has 0 spiro atoms. The molecule has 6 nitrogen and oxygen atoms in total. The Hall–Kier alpha value is -1.21. The van der Waals surface area contributed by atoms with Crippen molar-refractivity contribution >= 4 is 24.0 Å². The van der Waals surface area contributed by atoms with E-state index in [4.69, 9.17) is 16.3 Å². The summed E-state index contributed by atoms with van der Waals surface area (Å²) in [7, 11) is 0. The molecule has 1 fully saturated rings. The number of nitrogens with one attached hydrogen (secondary N) is 2. The Morgan fingerprint density at radius 3 is 2.67 bits per heavy atom. The number of hydrogen-bond acceptors (Lipinski definition) is 5. The fourth-order valence-corrected chi connectivity index (χ4v) is 2.43. The summed E-state index contributed by atoms with van der Waals surface area (Å²) in [6.45, 7) is 1.48. The highest BCUT2D eigenvalue weighted by Gasteiger charge is 2.22. The van der Waals surface area contributed by atoms with E-state index in [1.807, 2.05) is 12.1 Å². The highest BCUT2D eigenvalue weighted by molar-refractivity contribution is 6.30. The number of morpholine rings is 1. The number of benzene rings is 1. The minimum Gasteiger partial charge on any atom is -0.375 e. The minimum absolute atomic E-state index is 0. The zero-order chi connectivity index (χ0) is 13.8. The van der Waals surface area contributed by atoms with Gasteiger partial charge in [-0.05, 0) is 24.1 Å². The molecule has 1 aliphatic rings. The predicted molar refractivity (Wildman–Crippen MR) is 81.8 cm³/mol. The zero-order valence-electron chi connectivity index (χ0n) is 11.3. The van der Waals surface area contributed by atoms with Crippen LogP contribution < -0.4 is 5.32 Å². The fourth-order valence-electron chi connectivity index (χ4n) is 2.31. The molecule has 0 aliphatic carbocycles. The second kappa shape index (κ2) is 7.70. The summed E-state index contributed by atoms with van der Waals surface area (Å²) < 4.78 is 5.85. The molecule has 1 aromatic heterocycles. The second-order valence-electron chi connectivity index (χ2n) is 4.92. The quantitative estimate of drug-likeness (QED) is 0.887. The van der Waals surface area contributed by atoms with Crippen molar-refractivity contribution in [1.82, 2.24) is 25.9 Å². The predicted octanol–water partition coefficient (Wildman–Crippen LogP) is 1.42. The molecule has 1 aliphatic heterocycles. The van der Waals surface area contributed by atoms with Gasteiger partial charge in [0.25, 0.3) is 0 Å². The van der Waals surface area contributed by atoms with Gasteiger partial charge in [-0.25, -0.2) is 0 Å². The van der Waals surface area contributed by atoms with Gasteiger partial charge in [0.05, 0.1) is 12.7 Å². The lowest BCUT2D eigenvalue weighted by Gasteiger charge is -2.30. The molecular formula is C13H17Cl2N5O. The van der Waals surface area contributed by atoms with E-state index in [0.717, 1.165) is 18.0 Å². The van der Waals surface area contributed by atoms with Crippen molar-refractivity contribution in [3.63, 3.8) is 0 Å². The van der Waals surface area contributed by atoms with Gasteiger partial charge >= 0.3 is 0 Å². The molecule has 0 radical (unpaired) electrons. The Morgan fingerprint density at radius 2 is 2.05 bits per heavy atom. The molecule has 3 rings (SSSR count). The number of hydrogen-bond donors (Lipinski definition) is 2.